The highest BCUT2D eigenvalue weighted by Crippen LogP contribution is 2.16. The predicted octanol–water partition coefficient (Wildman–Crippen LogP) is 1.78. The largest absolute Gasteiger partial charge is 0.351 e. The van der Waals surface area contributed by atoms with E-state index in [-0.39, 0.29) is 11.4 Å². The molecule has 3 N–H and O–H groups in total. The van der Waals surface area contributed by atoms with Gasteiger partial charge in [-0.2, -0.15) is 0 Å². The standard InChI is InChI=1S/C14H22N2O/c1-11-6-4-5-7-12(11)10-14(2,3)16-13(17)8-9-15/h4-7H,8-10,15H2,1-3H3,(H,16,17). The number of nitrogens with one attached hydrogen (secondary N) is 1. The van der Waals surface area contributed by atoms with Gasteiger partial charge in [-0.1, -0.05) is 24.3 Å². The summed E-state index contributed by atoms with van der Waals surface area (Å²) in [6.45, 7) is 6.56. The average Bonchev–Trinajstić information content (AvgIpc) is 2.20. The fraction of sp³-hybridized carbons (Fsp3) is 0.500. The molecule has 0 unspecified atom stereocenters. The molecule has 0 heterocycles. The Labute approximate surface area is 103 Å². The zero-order chi connectivity index (χ0) is 12.9. The van der Waals surface area contributed by atoms with Crippen molar-refractivity contribution in [3.8, 4) is 0 Å². The molecular formula is C14H22N2O. The Bertz CT molecular complexity index is 386. The molecule has 0 aliphatic rings. The predicted molar refractivity (Wildman–Crippen MR) is 70.8 cm³/mol. The number of rotatable bonds is 5. The first kappa shape index (κ1) is 13.7. The SMILES string of the molecule is Cc1ccccc1CC(C)(C)NC(=O)CCN. The van der Waals surface area contributed by atoms with Gasteiger partial charge in [-0.05, 0) is 38.3 Å². The molecule has 1 amide bonds. The van der Waals surface area contributed by atoms with Crippen LogP contribution in [0, 0.1) is 6.92 Å². The van der Waals surface area contributed by atoms with Crippen LogP contribution in [-0.4, -0.2) is 18.0 Å². The van der Waals surface area contributed by atoms with Crippen LogP contribution in [0.15, 0.2) is 24.3 Å². The first-order valence-electron chi connectivity index (χ1n) is 6.00. The molecular weight excluding hydrogens is 212 g/mol. The van der Waals surface area contributed by atoms with Gasteiger partial charge in [-0.25, -0.2) is 0 Å². The summed E-state index contributed by atoms with van der Waals surface area (Å²) in [5.74, 6) is 0.0195. The van der Waals surface area contributed by atoms with Crippen LogP contribution in [0.25, 0.3) is 0 Å². The molecule has 1 rings (SSSR count). The van der Waals surface area contributed by atoms with E-state index in [2.05, 4.69) is 24.4 Å². The van der Waals surface area contributed by atoms with Gasteiger partial charge in [0.15, 0.2) is 0 Å². The third-order valence-electron chi connectivity index (χ3n) is 2.74. The Balaban J connectivity index is 2.66. The minimum atomic E-state index is -0.238. The molecule has 1 aromatic rings. The molecule has 3 nitrogen and oxygen atoms in total. The summed E-state index contributed by atoms with van der Waals surface area (Å²) in [6, 6.07) is 8.25. The summed E-state index contributed by atoms with van der Waals surface area (Å²) in [5, 5.41) is 3.01. The first-order valence-corrected chi connectivity index (χ1v) is 6.00. The Morgan fingerprint density at radius 2 is 2.00 bits per heavy atom. The maximum absolute atomic E-state index is 11.5. The number of aryl methyl sites for hydroxylation is 1. The molecule has 0 aromatic heterocycles. The van der Waals surface area contributed by atoms with Crippen LogP contribution >= 0.6 is 0 Å². The Hall–Kier alpha value is -1.35. The summed E-state index contributed by atoms with van der Waals surface area (Å²) in [5.41, 5.74) is 7.65. The van der Waals surface area contributed by atoms with Crippen LogP contribution in [0.4, 0.5) is 0 Å². The van der Waals surface area contributed by atoms with Gasteiger partial charge in [0.25, 0.3) is 0 Å². The van der Waals surface area contributed by atoms with E-state index >= 15 is 0 Å². The van der Waals surface area contributed by atoms with Gasteiger partial charge in [0.1, 0.15) is 0 Å². The molecule has 0 radical (unpaired) electrons. The Kier molecular flexibility index (Phi) is 4.70. The number of carbonyl (C=O) groups is 1. The number of amides is 1. The zero-order valence-corrected chi connectivity index (χ0v) is 10.9. The minimum absolute atomic E-state index is 0.0195. The van der Waals surface area contributed by atoms with Crippen LogP contribution in [0.3, 0.4) is 0 Å². The lowest BCUT2D eigenvalue weighted by Gasteiger charge is -2.27. The second-order valence-electron chi connectivity index (χ2n) is 5.07. The number of nitrogens with two attached hydrogens (primary N) is 1. The molecule has 0 saturated carbocycles. The van der Waals surface area contributed by atoms with Crippen molar-refractivity contribution in [2.24, 2.45) is 5.73 Å². The van der Waals surface area contributed by atoms with E-state index in [4.69, 9.17) is 5.73 Å². The normalized spacial score (nSPS) is 11.3. The third-order valence-corrected chi connectivity index (χ3v) is 2.74. The van der Waals surface area contributed by atoms with Gasteiger partial charge in [-0.3, -0.25) is 4.79 Å². The van der Waals surface area contributed by atoms with Gasteiger partial charge in [0.2, 0.25) is 5.91 Å². The first-order chi connectivity index (χ1) is 7.94. The van der Waals surface area contributed by atoms with Gasteiger partial charge >= 0.3 is 0 Å². The van der Waals surface area contributed by atoms with Crippen molar-refractivity contribution in [2.75, 3.05) is 6.54 Å². The molecule has 0 bridgehead atoms. The van der Waals surface area contributed by atoms with Crippen LogP contribution in [0.1, 0.15) is 31.4 Å². The average molecular weight is 234 g/mol. The van der Waals surface area contributed by atoms with Crippen LogP contribution < -0.4 is 11.1 Å². The van der Waals surface area contributed by atoms with Crippen molar-refractivity contribution in [2.45, 2.75) is 39.2 Å². The van der Waals surface area contributed by atoms with E-state index in [0.29, 0.717) is 13.0 Å². The second kappa shape index (κ2) is 5.82. The summed E-state index contributed by atoms with van der Waals surface area (Å²) in [7, 11) is 0. The number of benzene rings is 1. The van der Waals surface area contributed by atoms with Crippen molar-refractivity contribution < 1.29 is 4.79 Å². The minimum Gasteiger partial charge on any atom is -0.351 e. The van der Waals surface area contributed by atoms with Crippen molar-refractivity contribution in [3.63, 3.8) is 0 Å². The van der Waals surface area contributed by atoms with Gasteiger partial charge in [0, 0.05) is 18.5 Å². The maximum atomic E-state index is 11.5. The Morgan fingerprint density at radius 1 is 1.35 bits per heavy atom. The zero-order valence-electron chi connectivity index (χ0n) is 10.9. The number of hydrogen-bond acceptors (Lipinski definition) is 2. The fourth-order valence-electron chi connectivity index (χ4n) is 1.90. The van der Waals surface area contributed by atoms with Crippen molar-refractivity contribution in [1.29, 1.82) is 0 Å². The molecule has 1 aromatic carbocycles. The van der Waals surface area contributed by atoms with E-state index in [1.54, 1.807) is 0 Å². The van der Waals surface area contributed by atoms with Crippen molar-refractivity contribution in [1.82, 2.24) is 5.32 Å². The van der Waals surface area contributed by atoms with E-state index in [0.717, 1.165) is 6.42 Å². The third kappa shape index (κ3) is 4.57. The van der Waals surface area contributed by atoms with Gasteiger partial charge in [-0.15, -0.1) is 0 Å². The quantitative estimate of drug-likeness (QED) is 0.816. The summed E-state index contributed by atoms with van der Waals surface area (Å²) in [4.78, 5) is 11.5. The lowest BCUT2D eigenvalue weighted by Crippen LogP contribution is -2.45. The summed E-state index contributed by atoms with van der Waals surface area (Å²) < 4.78 is 0. The molecule has 3 heteroatoms. The lowest BCUT2D eigenvalue weighted by atomic mass is 9.92. The fourth-order valence-corrected chi connectivity index (χ4v) is 1.90. The van der Waals surface area contributed by atoms with E-state index in [1.165, 1.54) is 11.1 Å². The van der Waals surface area contributed by atoms with Crippen LogP contribution in [0.2, 0.25) is 0 Å². The van der Waals surface area contributed by atoms with E-state index in [1.807, 2.05) is 26.0 Å². The Morgan fingerprint density at radius 3 is 2.59 bits per heavy atom. The maximum Gasteiger partial charge on any atom is 0.221 e. The van der Waals surface area contributed by atoms with Crippen molar-refractivity contribution >= 4 is 5.91 Å². The molecule has 0 spiro atoms. The highest BCUT2D eigenvalue weighted by molar-refractivity contribution is 5.76. The lowest BCUT2D eigenvalue weighted by molar-refractivity contribution is -0.122. The summed E-state index contributed by atoms with van der Waals surface area (Å²) >= 11 is 0. The molecule has 17 heavy (non-hydrogen) atoms. The van der Waals surface area contributed by atoms with E-state index in [9.17, 15) is 4.79 Å². The molecule has 94 valence electrons. The smallest absolute Gasteiger partial charge is 0.221 e. The van der Waals surface area contributed by atoms with Gasteiger partial charge < -0.3 is 11.1 Å². The highest BCUT2D eigenvalue weighted by atomic mass is 16.1. The number of hydrogen-bond donors (Lipinski definition) is 2. The van der Waals surface area contributed by atoms with Crippen molar-refractivity contribution in [3.05, 3.63) is 35.4 Å². The topological polar surface area (TPSA) is 55.1 Å². The molecule has 0 aliphatic carbocycles. The monoisotopic (exact) mass is 234 g/mol. The second-order valence-corrected chi connectivity index (χ2v) is 5.07. The van der Waals surface area contributed by atoms with Crippen LogP contribution in [-0.2, 0) is 11.2 Å². The van der Waals surface area contributed by atoms with Crippen LogP contribution in [0.5, 0.6) is 0 Å². The molecule has 0 saturated heterocycles. The molecule has 0 fully saturated rings. The van der Waals surface area contributed by atoms with E-state index < -0.39 is 0 Å². The molecule has 0 atom stereocenters. The highest BCUT2D eigenvalue weighted by Gasteiger charge is 2.21. The number of carbonyl (C=O) groups excluding carboxylic acids is 1. The molecule has 0 aliphatic heterocycles. The summed E-state index contributed by atoms with van der Waals surface area (Å²) in [6.07, 6.45) is 1.22. The van der Waals surface area contributed by atoms with Gasteiger partial charge in [0.05, 0.1) is 0 Å².